The lowest BCUT2D eigenvalue weighted by Gasteiger charge is -2.08. The Balaban J connectivity index is 1.02. The maximum atomic E-state index is 13.4. The molecule has 0 aliphatic carbocycles. The van der Waals surface area contributed by atoms with E-state index in [1.54, 1.807) is 48.5 Å². The highest BCUT2D eigenvalue weighted by Gasteiger charge is 2.20. The normalized spacial score (nSPS) is 14.6. The van der Waals surface area contributed by atoms with Gasteiger partial charge in [0, 0.05) is 56.7 Å². The van der Waals surface area contributed by atoms with Crippen molar-refractivity contribution in [3.63, 3.8) is 0 Å². The molecule has 12 bridgehead atoms. The molecule has 0 spiro atoms. The van der Waals surface area contributed by atoms with Gasteiger partial charge in [-0.1, -0.05) is 138 Å². The van der Waals surface area contributed by atoms with Gasteiger partial charge in [-0.3, -0.25) is 0 Å². The molecule has 0 N–H and O–H groups in total. The Kier molecular flexibility index (Phi) is 19.4. The highest BCUT2D eigenvalue weighted by molar-refractivity contribution is 6.12. The molecule has 0 amide bonds. The van der Waals surface area contributed by atoms with E-state index in [2.05, 4.69) is 23.0 Å². The van der Waals surface area contributed by atoms with E-state index in [0.29, 0.717) is 44.5 Å². The van der Waals surface area contributed by atoms with Crippen molar-refractivity contribution in [3.8, 4) is 24.3 Å². The van der Waals surface area contributed by atoms with Gasteiger partial charge in [-0.25, -0.2) is 19.2 Å². The topological polar surface area (TPSA) is 210 Å². The Labute approximate surface area is 487 Å². The molecule has 14 nitrogen and oxygen atoms in total. The van der Waals surface area contributed by atoms with Gasteiger partial charge < -0.3 is 28.1 Å². The summed E-state index contributed by atoms with van der Waals surface area (Å²) < 4.78 is 26.9. The Morgan fingerprint density at radius 3 is 0.810 bits per heavy atom. The zero-order chi connectivity index (χ0) is 59.0. The molecular formula is C70H62N6O8. The van der Waals surface area contributed by atoms with Crippen molar-refractivity contribution in [1.82, 2.24) is 9.13 Å². The summed E-state index contributed by atoms with van der Waals surface area (Å²) in [7, 11) is 0. The van der Waals surface area contributed by atoms with Crippen molar-refractivity contribution >= 4 is 91.8 Å². The number of ether oxygens (including phenoxy) is 4. The number of esters is 4. The number of unbranched alkanes of at least 4 members (excludes halogenated alkanes) is 8. The van der Waals surface area contributed by atoms with E-state index in [4.69, 9.17) is 18.9 Å². The van der Waals surface area contributed by atoms with E-state index in [0.717, 1.165) is 121 Å². The Morgan fingerprint density at radius 1 is 0.345 bits per heavy atom. The molecule has 14 heteroatoms. The van der Waals surface area contributed by atoms with Crippen LogP contribution < -0.4 is 0 Å². The standard InChI is InChI=1S/C70H62N6O8/c1-3-5-7-9-11-29-75-63-25-21-51-31-55(39-71)67(77)81-43-47-13-17-49(18-14-47)45-83-69(79)57(41-73)33-53-23-27-65-61(37-53)62-38-54(24-28-66(62)76(65)30-12-10-8-6-4-2)34-58(42-74)70(80)84-46-50-19-15-48(16-20-50)44-82-68(78)56(40-72)32-52-22-26-64(75)60(36-52)59(63)35-51/h13-28,31-38H,3-12,29-30,43-46H2,1-2H3/b55-31-,56-32?,57-33?,58-34?. The maximum absolute atomic E-state index is 13.4. The Bertz CT molecular complexity index is 3610. The molecule has 420 valence electrons. The zero-order valence-corrected chi connectivity index (χ0v) is 47.1. The minimum absolute atomic E-state index is 0.138. The molecule has 4 aliphatic rings. The molecule has 0 unspecified atom stereocenters. The van der Waals surface area contributed by atoms with E-state index in [1.807, 2.05) is 97.1 Å². The first-order valence-corrected chi connectivity index (χ1v) is 28.4. The predicted octanol–water partition coefficient (Wildman–Crippen LogP) is 14.8. The lowest BCUT2D eigenvalue weighted by atomic mass is 10.0. The molecule has 0 saturated heterocycles. The minimum Gasteiger partial charge on any atom is -0.457 e. The number of hydrogen-bond acceptors (Lipinski definition) is 12. The van der Waals surface area contributed by atoms with Crippen LogP contribution in [0.2, 0.25) is 0 Å². The van der Waals surface area contributed by atoms with Crippen molar-refractivity contribution in [2.24, 2.45) is 0 Å². The van der Waals surface area contributed by atoms with E-state index in [9.17, 15) is 40.2 Å². The number of hydrogen-bond donors (Lipinski definition) is 0. The van der Waals surface area contributed by atoms with Crippen LogP contribution in [0.5, 0.6) is 0 Å². The monoisotopic (exact) mass is 1110 g/mol. The number of aromatic nitrogens is 2. The first kappa shape index (κ1) is 58.4. The van der Waals surface area contributed by atoms with Gasteiger partial charge in [0.1, 0.15) is 73.0 Å². The number of benzene rings is 6. The van der Waals surface area contributed by atoms with Gasteiger partial charge in [0.25, 0.3) is 0 Å². The molecule has 2 aromatic heterocycles. The summed E-state index contributed by atoms with van der Waals surface area (Å²) in [6, 6.07) is 44.6. The van der Waals surface area contributed by atoms with Crippen LogP contribution in [-0.4, -0.2) is 33.0 Å². The molecule has 84 heavy (non-hydrogen) atoms. The Hall–Kier alpha value is -10.3. The summed E-state index contributed by atoms with van der Waals surface area (Å²) >= 11 is 0. The zero-order valence-electron chi connectivity index (χ0n) is 47.1. The van der Waals surface area contributed by atoms with Crippen LogP contribution in [0.15, 0.2) is 144 Å². The molecule has 12 rings (SSSR count). The van der Waals surface area contributed by atoms with Crippen LogP contribution in [0.1, 0.15) is 123 Å². The number of carbonyl (C=O) groups excluding carboxylic acids is 4. The number of nitriles is 4. The SMILES string of the molecule is CCCCCCCn1c2ccc3cc2c2cc(ccc21)C=C(C#N)C(=O)OCc1ccc(cc1)COC(=O)/C(C#N)=C\c1ccc2c(c1)c1cc(ccc1n2CCCCCCC)C=C(C#N)C(=O)OCc1ccc(cc1)COC(=O)C(C#N)=C3. The average Bonchev–Trinajstić information content (AvgIpc) is 3.71. The van der Waals surface area contributed by atoms with E-state index >= 15 is 0 Å². The quantitative estimate of drug-likeness (QED) is 0.0635. The van der Waals surface area contributed by atoms with Crippen LogP contribution in [0, 0.1) is 45.3 Å². The third-order valence-electron chi connectivity index (χ3n) is 14.9. The van der Waals surface area contributed by atoms with Crippen molar-refractivity contribution in [2.75, 3.05) is 0 Å². The molecule has 0 radical (unpaired) electrons. The third kappa shape index (κ3) is 14.1. The number of rotatable bonds is 12. The number of aryl methyl sites for hydroxylation is 2. The molecule has 4 aliphatic heterocycles. The number of carbonyl (C=O) groups is 4. The second kappa shape index (κ2) is 27.9. The smallest absolute Gasteiger partial charge is 0.349 e. The molecule has 6 aromatic carbocycles. The summed E-state index contributed by atoms with van der Waals surface area (Å²) in [6.07, 6.45) is 16.8. The molecule has 0 atom stereocenters. The highest BCUT2D eigenvalue weighted by atomic mass is 16.5. The van der Waals surface area contributed by atoms with Crippen LogP contribution in [-0.2, 0) is 77.6 Å². The third-order valence-corrected chi connectivity index (χ3v) is 14.9. The molecule has 0 fully saturated rings. The second-order valence-electron chi connectivity index (χ2n) is 20.9. The summed E-state index contributed by atoms with van der Waals surface area (Å²) in [5.74, 6) is -3.25. The average molecular weight is 1120 g/mol. The minimum atomic E-state index is -0.813. The summed E-state index contributed by atoms with van der Waals surface area (Å²) in [4.78, 5) is 53.7. The summed E-state index contributed by atoms with van der Waals surface area (Å²) in [5.41, 5.74) is 7.79. The maximum Gasteiger partial charge on any atom is 0.349 e. The molecule has 0 saturated carbocycles. The fourth-order valence-corrected chi connectivity index (χ4v) is 10.5. The van der Waals surface area contributed by atoms with Crippen molar-refractivity contribution in [3.05, 3.63) is 188 Å². The highest BCUT2D eigenvalue weighted by Crippen LogP contribution is 2.35. The van der Waals surface area contributed by atoms with Crippen LogP contribution in [0.4, 0.5) is 0 Å². The summed E-state index contributed by atoms with van der Waals surface area (Å²) in [6.45, 7) is 5.31. The lowest BCUT2D eigenvalue weighted by Crippen LogP contribution is -2.08. The van der Waals surface area contributed by atoms with Crippen LogP contribution in [0.25, 0.3) is 67.9 Å². The van der Waals surface area contributed by atoms with Crippen molar-refractivity contribution in [1.29, 1.82) is 21.0 Å². The van der Waals surface area contributed by atoms with Crippen molar-refractivity contribution < 1.29 is 38.1 Å². The fourth-order valence-electron chi connectivity index (χ4n) is 10.5. The van der Waals surface area contributed by atoms with E-state index < -0.39 is 23.9 Å². The molecule has 8 aromatic rings. The fraction of sp³-hybridized carbons (Fsp3) is 0.257. The molecule has 6 heterocycles. The van der Waals surface area contributed by atoms with Gasteiger partial charge in [-0.2, -0.15) is 21.0 Å². The van der Waals surface area contributed by atoms with Crippen LogP contribution in [0.3, 0.4) is 0 Å². The van der Waals surface area contributed by atoms with Gasteiger partial charge in [-0.05, 0) is 130 Å². The predicted molar refractivity (Wildman–Crippen MR) is 323 cm³/mol. The van der Waals surface area contributed by atoms with Gasteiger partial charge in [-0.15, -0.1) is 0 Å². The van der Waals surface area contributed by atoms with Gasteiger partial charge in [0.2, 0.25) is 0 Å². The van der Waals surface area contributed by atoms with Crippen molar-refractivity contribution in [2.45, 2.75) is 118 Å². The molecular weight excluding hydrogens is 1050 g/mol. The van der Waals surface area contributed by atoms with Crippen LogP contribution >= 0.6 is 0 Å². The summed E-state index contributed by atoms with van der Waals surface area (Å²) in [5, 5.41) is 44.1. The van der Waals surface area contributed by atoms with Gasteiger partial charge in [0.05, 0.1) is 0 Å². The first-order chi connectivity index (χ1) is 41.0. The van der Waals surface area contributed by atoms with Gasteiger partial charge in [0.15, 0.2) is 0 Å². The second-order valence-corrected chi connectivity index (χ2v) is 20.9. The van der Waals surface area contributed by atoms with Gasteiger partial charge >= 0.3 is 23.9 Å². The van der Waals surface area contributed by atoms with E-state index in [-0.39, 0.29) is 48.7 Å². The number of nitrogens with zero attached hydrogens (tertiary/aromatic N) is 6. The Morgan fingerprint density at radius 2 is 0.583 bits per heavy atom. The largest absolute Gasteiger partial charge is 0.457 e. The lowest BCUT2D eigenvalue weighted by molar-refractivity contribution is -0.140. The first-order valence-electron chi connectivity index (χ1n) is 28.4. The van der Waals surface area contributed by atoms with E-state index in [1.165, 1.54) is 24.3 Å².